The number of fused-ring (bicyclic) bond motifs is 1. The molecule has 1 amide bonds. The van der Waals surface area contributed by atoms with Crippen LogP contribution in [-0.2, 0) is 6.42 Å². The molecular formula is C18H16N4O. The molecule has 1 N–H and O–H groups in total. The van der Waals surface area contributed by atoms with E-state index in [0.717, 1.165) is 23.4 Å². The average Bonchev–Trinajstić information content (AvgIpc) is 3.19. The Morgan fingerprint density at radius 2 is 2.00 bits per heavy atom. The van der Waals surface area contributed by atoms with Gasteiger partial charge >= 0.3 is 0 Å². The van der Waals surface area contributed by atoms with Gasteiger partial charge in [-0.05, 0) is 43.2 Å². The van der Waals surface area contributed by atoms with Gasteiger partial charge in [-0.2, -0.15) is 5.10 Å². The predicted octanol–water partition coefficient (Wildman–Crippen LogP) is 3.06. The topological polar surface area (TPSA) is 61.9 Å². The summed E-state index contributed by atoms with van der Waals surface area (Å²) in [6.07, 6.45) is 4.31. The van der Waals surface area contributed by atoms with E-state index < -0.39 is 0 Å². The monoisotopic (exact) mass is 304 g/mol. The molecule has 4 rings (SSSR count). The number of hydrogen-bond donors (Lipinski definition) is 1. The van der Waals surface area contributed by atoms with Crippen molar-refractivity contribution in [3.63, 3.8) is 0 Å². The third kappa shape index (κ3) is 2.30. The Labute approximate surface area is 134 Å². The normalized spacial score (nSPS) is 16.4. The lowest BCUT2D eigenvalue weighted by Crippen LogP contribution is -2.35. The van der Waals surface area contributed by atoms with Crippen LogP contribution in [0, 0.1) is 0 Å². The van der Waals surface area contributed by atoms with E-state index in [1.165, 1.54) is 5.56 Å². The number of pyridine rings is 1. The molecule has 2 aromatic heterocycles. The summed E-state index contributed by atoms with van der Waals surface area (Å²) in [5.41, 5.74) is 4.38. The fourth-order valence-corrected chi connectivity index (χ4v) is 3.11. The summed E-state index contributed by atoms with van der Waals surface area (Å²) >= 11 is 0. The van der Waals surface area contributed by atoms with Gasteiger partial charge < -0.3 is 4.90 Å². The van der Waals surface area contributed by atoms with Crippen LogP contribution in [0.5, 0.6) is 0 Å². The molecule has 1 aliphatic rings. The van der Waals surface area contributed by atoms with Gasteiger partial charge in [0.25, 0.3) is 5.91 Å². The zero-order valence-corrected chi connectivity index (χ0v) is 12.7. The van der Waals surface area contributed by atoms with Gasteiger partial charge in [0.05, 0.1) is 5.69 Å². The molecule has 0 fully saturated rings. The van der Waals surface area contributed by atoms with Crippen molar-refractivity contribution < 1.29 is 4.79 Å². The molecular weight excluding hydrogens is 288 g/mol. The molecule has 0 radical (unpaired) electrons. The number of hydrogen-bond acceptors (Lipinski definition) is 3. The summed E-state index contributed by atoms with van der Waals surface area (Å²) in [5, 5.41) is 7.13. The minimum absolute atomic E-state index is 0.0461. The highest BCUT2D eigenvalue weighted by Crippen LogP contribution is 2.33. The molecule has 0 saturated heterocycles. The molecule has 3 heterocycles. The van der Waals surface area contributed by atoms with E-state index in [2.05, 4.69) is 28.2 Å². The van der Waals surface area contributed by atoms with E-state index in [0.29, 0.717) is 5.69 Å². The van der Waals surface area contributed by atoms with Crippen LogP contribution in [0.15, 0.2) is 54.9 Å². The summed E-state index contributed by atoms with van der Waals surface area (Å²) in [6, 6.07) is 13.7. The van der Waals surface area contributed by atoms with Gasteiger partial charge in [0.1, 0.15) is 5.69 Å². The van der Waals surface area contributed by atoms with Gasteiger partial charge in [-0.3, -0.25) is 14.9 Å². The van der Waals surface area contributed by atoms with E-state index >= 15 is 0 Å². The minimum atomic E-state index is -0.0461. The van der Waals surface area contributed by atoms with E-state index in [4.69, 9.17) is 0 Å². The van der Waals surface area contributed by atoms with Crippen LogP contribution in [0.25, 0.3) is 11.3 Å². The van der Waals surface area contributed by atoms with Gasteiger partial charge in [-0.15, -0.1) is 0 Å². The summed E-state index contributed by atoms with van der Waals surface area (Å²) in [5.74, 6) is -0.0461. The van der Waals surface area contributed by atoms with Crippen LogP contribution in [0.2, 0.25) is 0 Å². The number of nitrogens with one attached hydrogen (secondary N) is 1. The Balaban J connectivity index is 1.67. The molecule has 0 bridgehead atoms. The fraction of sp³-hybridized carbons (Fsp3) is 0.167. The lowest BCUT2D eigenvalue weighted by Gasteiger charge is -2.21. The van der Waals surface area contributed by atoms with Crippen molar-refractivity contribution in [3.8, 4) is 11.3 Å². The predicted molar refractivity (Wildman–Crippen MR) is 88.2 cm³/mol. The molecule has 0 spiro atoms. The van der Waals surface area contributed by atoms with E-state index in [9.17, 15) is 4.79 Å². The zero-order chi connectivity index (χ0) is 15.8. The number of amides is 1. The average molecular weight is 304 g/mol. The maximum atomic E-state index is 12.9. The number of H-pyrrole nitrogens is 1. The van der Waals surface area contributed by atoms with Gasteiger partial charge in [0.15, 0.2) is 0 Å². The quantitative estimate of drug-likeness (QED) is 0.791. The zero-order valence-electron chi connectivity index (χ0n) is 12.7. The molecule has 114 valence electrons. The summed E-state index contributed by atoms with van der Waals surface area (Å²) in [6.45, 7) is 2.07. The standard InChI is InChI=1S/C18H16N4O/c1-12-10-14-4-2-3-5-17(14)22(12)18(23)16-11-15(20-21-16)13-6-8-19-9-7-13/h2-9,11-12H,10H2,1H3,(H,20,21)/t12-/m1/s1. The highest BCUT2D eigenvalue weighted by Gasteiger charge is 2.32. The Morgan fingerprint density at radius 1 is 1.22 bits per heavy atom. The first-order valence-electron chi connectivity index (χ1n) is 7.61. The first-order chi connectivity index (χ1) is 11.2. The molecule has 0 aliphatic carbocycles. The molecule has 5 nitrogen and oxygen atoms in total. The molecule has 1 aromatic carbocycles. The number of carbonyl (C=O) groups is 1. The van der Waals surface area contributed by atoms with Gasteiger partial charge in [0, 0.05) is 29.7 Å². The molecule has 0 saturated carbocycles. The Morgan fingerprint density at radius 3 is 2.83 bits per heavy atom. The molecule has 1 atom stereocenters. The summed E-state index contributed by atoms with van der Waals surface area (Å²) < 4.78 is 0. The number of nitrogens with zero attached hydrogens (tertiary/aromatic N) is 3. The molecule has 5 heteroatoms. The molecule has 3 aromatic rings. The first-order valence-corrected chi connectivity index (χ1v) is 7.61. The van der Waals surface area contributed by atoms with Crippen LogP contribution < -0.4 is 4.90 Å². The second kappa shape index (κ2) is 5.35. The van der Waals surface area contributed by atoms with Gasteiger partial charge in [-0.1, -0.05) is 18.2 Å². The van der Waals surface area contributed by atoms with Crippen molar-refractivity contribution in [2.24, 2.45) is 0 Å². The third-order valence-electron chi connectivity index (χ3n) is 4.21. The minimum Gasteiger partial charge on any atom is -0.304 e. The first kappa shape index (κ1) is 13.7. The highest BCUT2D eigenvalue weighted by molar-refractivity contribution is 6.07. The van der Waals surface area contributed by atoms with Crippen LogP contribution in [-0.4, -0.2) is 27.1 Å². The Hall–Kier alpha value is -2.95. The number of rotatable bonds is 2. The number of anilines is 1. The summed E-state index contributed by atoms with van der Waals surface area (Å²) in [7, 11) is 0. The molecule has 0 unspecified atom stereocenters. The van der Waals surface area contributed by atoms with E-state index in [1.54, 1.807) is 18.5 Å². The molecule has 1 aliphatic heterocycles. The van der Waals surface area contributed by atoms with Crippen molar-refractivity contribution in [2.45, 2.75) is 19.4 Å². The second-order valence-electron chi connectivity index (χ2n) is 5.76. The van der Waals surface area contributed by atoms with Crippen molar-refractivity contribution >= 4 is 11.6 Å². The van der Waals surface area contributed by atoms with Crippen LogP contribution >= 0.6 is 0 Å². The Bertz CT molecular complexity index is 856. The van der Waals surface area contributed by atoms with Gasteiger partial charge in [-0.25, -0.2) is 0 Å². The SMILES string of the molecule is C[C@@H]1Cc2ccccc2N1C(=O)c1cc(-c2ccncc2)n[nH]1. The number of aromatic nitrogens is 3. The van der Waals surface area contributed by atoms with Crippen molar-refractivity contribution in [2.75, 3.05) is 4.90 Å². The van der Waals surface area contributed by atoms with Crippen LogP contribution in [0.1, 0.15) is 23.0 Å². The number of para-hydroxylation sites is 1. The maximum Gasteiger partial charge on any atom is 0.276 e. The van der Waals surface area contributed by atoms with Crippen molar-refractivity contribution in [3.05, 3.63) is 66.1 Å². The maximum absolute atomic E-state index is 12.9. The number of benzene rings is 1. The fourth-order valence-electron chi connectivity index (χ4n) is 3.11. The lowest BCUT2D eigenvalue weighted by atomic mass is 10.1. The Kier molecular flexibility index (Phi) is 3.19. The van der Waals surface area contributed by atoms with Crippen LogP contribution in [0.3, 0.4) is 0 Å². The third-order valence-corrected chi connectivity index (χ3v) is 4.21. The van der Waals surface area contributed by atoms with E-state index in [-0.39, 0.29) is 11.9 Å². The lowest BCUT2D eigenvalue weighted by molar-refractivity contribution is 0.0976. The second-order valence-corrected chi connectivity index (χ2v) is 5.76. The van der Waals surface area contributed by atoms with Crippen molar-refractivity contribution in [1.29, 1.82) is 0 Å². The van der Waals surface area contributed by atoms with Crippen molar-refractivity contribution in [1.82, 2.24) is 15.2 Å². The van der Waals surface area contributed by atoms with Gasteiger partial charge in [0.2, 0.25) is 0 Å². The molecule has 23 heavy (non-hydrogen) atoms. The summed E-state index contributed by atoms with van der Waals surface area (Å²) in [4.78, 5) is 18.8. The largest absolute Gasteiger partial charge is 0.304 e. The smallest absolute Gasteiger partial charge is 0.276 e. The number of carbonyl (C=O) groups excluding carboxylic acids is 1. The van der Waals surface area contributed by atoms with E-state index in [1.807, 2.05) is 35.2 Å². The highest BCUT2D eigenvalue weighted by atomic mass is 16.2. The van der Waals surface area contributed by atoms with Crippen LogP contribution in [0.4, 0.5) is 5.69 Å². The number of aromatic amines is 1.